The number of aromatic nitrogens is 1. The number of nitrogens with one attached hydrogen (secondary N) is 2. The first-order valence-electron chi connectivity index (χ1n) is 6.85. The lowest BCUT2D eigenvalue weighted by Gasteiger charge is -2.02. The van der Waals surface area contributed by atoms with E-state index in [1.165, 1.54) is 0 Å². The molecule has 2 N–H and O–H groups in total. The molecule has 0 saturated carbocycles. The van der Waals surface area contributed by atoms with Gasteiger partial charge in [-0.1, -0.05) is 36.4 Å². The second kappa shape index (κ2) is 6.45. The maximum Gasteiger partial charge on any atom is 0.311 e. The maximum absolute atomic E-state index is 12.1. The summed E-state index contributed by atoms with van der Waals surface area (Å²) in [4.78, 5) is 16.1. The van der Waals surface area contributed by atoms with Crippen LogP contribution in [0, 0.1) is 11.3 Å². The van der Waals surface area contributed by atoms with E-state index >= 15 is 0 Å². The lowest BCUT2D eigenvalue weighted by Crippen LogP contribution is -2.12. The van der Waals surface area contributed by atoms with Gasteiger partial charge in [0.25, 0.3) is 5.89 Å². The number of carbonyl (C=O) groups is 1. The predicted molar refractivity (Wildman–Crippen MR) is 85.3 cm³/mol. The van der Waals surface area contributed by atoms with E-state index in [0.717, 1.165) is 5.69 Å². The van der Waals surface area contributed by atoms with Crippen LogP contribution in [0.4, 0.5) is 17.3 Å². The van der Waals surface area contributed by atoms with Gasteiger partial charge in [0.05, 0.1) is 0 Å². The summed E-state index contributed by atoms with van der Waals surface area (Å²) in [5.74, 6) is -0.561. The number of rotatable bonds is 4. The summed E-state index contributed by atoms with van der Waals surface area (Å²) in [5, 5.41) is 14.7. The molecule has 1 heterocycles. The lowest BCUT2D eigenvalue weighted by molar-refractivity contribution is 0.0991. The molecule has 0 spiro atoms. The van der Waals surface area contributed by atoms with Gasteiger partial charge < -0.3 is 15.1 Å². The maximum atomic E-state index is 12.1. The molecule has 0 radical (unpaired) electrons. The van der Waals surface area contributed by atoms with Crippen molar-refractivity contribution in [1.29, 1.82) is 5.26 Å². The SMILES string of the molecule is N#Cc1nc(C(=O)Nc2ccccc2)oc1Nc1ccccc1. The van der Waals surface area contributed by atoms with E-state index < -0.39 is 5.91 Å². The number of hydrogen-bond donors (Lipinski definition) is 2. The van der Waals surface area contributed by atoms with E-state index in [1.807, 2.05) is 42.5 Å². The van der Waals surface area contributed by atoms with E-state index in [1.54, 1.807) is 24.3 Å². The molecule has 0 aliphatic heterocycles. The van der Waals surface area contributed by atoms with Crippen molar-refractivity contribution >= 4 is 23.2 Å². The molecule has 2 aromatic carbocycles. The number of hydrogen-bond acceptors (Lipinski definition) is 5. The first-order valence-corrected chi connectivity index (χ1v) is 6.85. The third-order valence-electron chi connectivity index (χ3n) is 2.99. The second-order valence-corrected chi connectivity index (χ2v) is 4.62. The minimum Gasteiger partial charge on any atom is -0.414 e. The van der Waals surface area contributed by atoms with Gasteiger partial charge in [-0.25, -0.2) is 0 Å². The van der Waals surface area contributed by atoms with Gasteiger partial charge in [-0.3, -0.25) is 4.79 Å². The molecule has 1 amide bonds. The molecule has 112 valence electrons. The standard InChI is InChI=1S/C17H12N4O2/c18-11-14-16(20-13-9-5-2-6-10-13)23-17(21-14)15(22)19-12-7-3-1-4-8-12/h1-10,20H,(H,19,22). The van der Waals surface area contributed by atoms with Gasteiger partial charge in [-0.05, 0) is 24.3 Å². The third kappa shape index (κ3) is 3.36. The Morgan fingerprint density at radius 3 is 2.22 bits per heavy atom. The highest BCUT2D eigenvalue weighted by Crippen LogP contribution is 2.22. The highest BCUT2D eigenvalue weighted by atomic mass is 16.4. The third-order valence-corrected chi connectivity index (χ3v) is 2.99. The summed E-state index contributed by atoms with van der Waals surface area (Å²) in [6.07, 6.45) is 0. The molecule has 0 saturated heterocycles. The highest BCUT2D eigenvalue weighted by molar-refractivity contribution is 6.01. The molecular weight excluding hydrogens is 292 g/mol. The largest absolute Gasteiger partial charge is 0.414 e. The average Bonchev–Trinajstić information content (AvgIpc) is 3.00. The first kappa shape index (κ1) is 14.4. The summed E-state index contributed by atoms with van der Waals surface area (Å²) in [5.41, 5.74) is 1.37. The van der Waals surface area contributed by atoms with Crippen molar-refractivity contribution in [2.45, 2.75) is 0 Å². The molecule has 6 heteroatoms. The van der Waals surface area contributed by atoms with Crippen LogP contribution >= 0.6 is 0 Å². The van der Waals surface area contributed by atoms with Crippen molar-refractivity contribution in [3.05, 3.63) is 72.2 Å². The smallest absolute Gasteiger partial charge is 0.311 e. The Hall–Kier alpha value is -3.59. The van der Waals surface area contributed by atoms with Crippen molar-refractivity contribution in [1.82, 2.24) is 4.98 Å². The molecule has 0 fully saturated rings. The van der Waals surface area contributed by atoms with Crippen molar-refractivity contribution in [3.63, 3.8) is 0 Å². The lowest BCUT2D eigenvalue weighted by atomic mass is 10.3. The Kier molecular flexibility index (Phi) is 4.03. The van der Waals surface area contributed by atoms with Crippen LogP contribution in [0.2, 0.25) is 0 Å². The normalized spacial score (nSPS) is 9.87. The minimum absolute atomic E-state index is 0.0204. The first-order chi connectivity index (χ1) is 11.3. The molecule has 23 heavy (non-hydrogen) atoms. The number of oxazole rings is 1. The van der Waals surface area contributed by atoms with E-state index in [9.17, 15) is 4.79 Å². The fraction of sp³-hybridized carbons (Fsp3) is 0. The van der Waals surface area contributed by atoms with E-state index in [0.29, 0.717) is 5.69 Å². The summed E-state index contributed by atoms with van der Waals surface area (Å²) < 4.78 is 5.39. The Labute approximate surface area is 132 Å². The van der Waals surface area contributed by atoms with Crippen LogP contribution in [-0.2, 0) is 0 Å². The molecule has 0 aliphatic carbocycles. The number of nitriles is 1. The Balaban J connectivity index is 1.81. The van der Waals surface area contributed by atoms with Crippen molar-refractivity contribution in [3.8, 4) is 6.07 Å². The van der Waals surface area contributed by atoms with Crippen LogP contribution in [0.25, 0.3) is 0 Å². The van der Waals surface area contributed by atoms with Gasteiger partial charge in [0.2, 0.25) is 11.6 Å². The van der Waals surface area contributed by atoms with Gasteiger partial charge in [0, 0.05) is 11.4 Å². The zero-order valence-corrected chi connectivity index (χ0v) is 12.0. The molecule has 0 bridgehead atoms. The van der Waals surface area contributed by atoms with Gasteiger partial charge in [-0.2, -0.15) is 10.2 Å². The molecule has 3 aromatic rings. The van der Waals surface area contributed by atoms with E-state index in [-0.39, 0.29) is 17.5 Å². The number of anilines is 3. The van der Waals surface area contributed by atoms with Crippen LogP contribution in [0.3, 0.4) is 0 Å². The van der Waals surface area contributed by atoms with Gasteiger partial charge >= 0.3 is 5.91 Å². The summed E-state index contributed by atoms with van der Waals surface area (Å²) in [6, 6.07) is 20.0. The Bertz CT molecular complexity index is 851. The minimum atomic E-state index is -0.520. The number of benzene rings is 2. The zero-order valence-electron chi connectivity index (χ0n) is 12.0. The quantitative estimate of drug-likeness (QED) is 0.769. The zero-order chi connectivity index (χ0) is 16.1. The second-order valence-electron chi connectivity index (χ2n) is 4.62. The van der Waals surface area contributed by atoms with E-state index in [4.69, 9.17) is 9.68 Å². The number of nitrogens with zero attached hydrogens (tertiary/aromatic N) is 2. The summed E-state index contributed by atoms with van der Waals surface area (Å²) in [7, 11) is 0. The molecule has 0 atom stereocenters. The molecule has 6 nitrogen and oxygen atoms in total. The van der Waals surface area contributed by atoms with Crippen LogP contribution < -0.4 is 10.6 Å². The molecule has 3 rings (SSSR count). The van der Waals surface area contributed by atoms with Crippen LogP contribution in [-0.4, -0.2) is 10.9 Å². The van der Waals surface area contributed by atoms with Gasteiger partial charge in [-0.15, -0.1) is 0 Å². The van der Waals surface area contributed by atoms with Gasteiger partial charge in [0.1, 0.15) is 6.07 Å². The fourth-order valence-electron chi connectivity index (χ4n) is 1.94. The molecule has 1 aromatic heterocycles. The van der Waals surface area contributed by atoms with E-state index in [2.05, 4.69) is 15.6 Å². The monoisotopic (exact) mass is 304 g/mol. The van der Waals surface area contributed by atoms with Gasteiger partial charge in [0.15, 0.2) is 0 Å². The topological polar surface area (TPSA) is 91.0 Å². The van der Waals surface area contributed by atoms with Crippen LogP contribution in [0.15, 0.2) is 65.1 Å². The van der Waals surface area contributed by atoms with Crippen molar-refractivity contribution < 1.29 is 9.21 Å². The Morgan fingerprint density at radius 1 is 1.00 bits per heavy atom. The van der Waals surface area contributed by atoms with Crippen LogP contribution in [0.1, 0.15) is 16.4 Å². The number of amides is 1. The molecule has 0 aliphatic rings. The predicted octanol–water partition coefficient (Wildman–Crippen LogP) is 3.54. The van der Waals surface area contributed by atoms with Crippen molar-refractivity contribution in [2.75, 3.05) is 10.6 Å². The van der Waals surface area contributed by atoms with Crippen molar-refractivity contribution in [2.24, 2.45) is 0 Å². The summed E-state index contributed by atoms with van der Waals surface area (Å²) in [6.45, 7) is 0. The fourth-order valence-corrected chi connectivity index (χ4v) is 1.94. The number of para-hydroxylation sites is 2. The van der Waals surface area contributed by atoms with Crippen LogP contribution in [0.5, 0.6) is 0 Å². The Morgan fingerprint density at radius 2 is 1.61 bits per heavy atom. The highest BCUT2D eigenvalue weighted by Gasteiger charge is 2.19. The average molecular weight is 304 g/mol. The molecular formula is C17H12N4O2. The number of carbonyl (C=O) groups excluding carboxylic acids is 1. The molecule has 0 unspecified atom stereocenters. The summed E-state index contributed by atoms with van der Waals surface area (Å²) >= 11 is 0.